The van der Waals surface area contributed by atoms with Gasteiger partial charge in [-0.1, -0.05) is 24.3 Å². The summed E-state index contributed by atoms with van der Waals surface area (Å²) >= 11 is 0. The molecular formula is C25H30N2O6S. The quantitative estimate of drug-likeness (QED) is 0.340. The third-order valence-electron chi connectivity index (χ3n) is 5.67. The molecule has 0 aliphatic heterocycles. The van der Waals surface area contributed by atoms with E-state index in [-0.39, 0.29) is 28.4 Å². The monoisotopic (exact) mass is 486 g/mol. The van der Waals surface area contributed by atoms with Crippen molar-refractivity contribution in [2.24, 2.45) is 0 Å². The van der Waals surface area contributed by atoms with Gasteiger partial charge in [-0.25, -0.2) is 13.1 Å². The number of nitrogens with two attached hydrogens (primary N) is 1. The summed E-state index contributed by atoms with van der Waals surface area (Å²) in [6, 6.07) is 13.1. The van der Waals surface area contributed by atoms with Gasteiger partial charge in [-0.3, -0.25) is 0 Å². The van der Waals surface area contributed by atoms with Gasteiger partial charge in [-0.05, 0) is 61.2 Å². The number of aliphatic hydroxyl groups is 1. The molecule has 0 saturated carbocycles. The molecule has 3 aromatic rings. The van der Waals surface area contributed by atoms with Crippen molar-refractivity contribution < 1.29 is 28.1 Å². The summed E-state index contributed by atoms with van der Waals surface area (Å²) in [5.74, 6) is 1.04. The largest absolute Gasteiger partial charge is 0.507 e. The number of sulfonamides is 1. The van der Waals surface area contributed by atoms with Gasteiger partial charge in [0.2, 0.25) is 10.0 Å². The number of hydrogen-bond donors (Lipinski definition) is 4. The molecule has 0 amide bonds. The van der Waals surface area contributed by atoms with E-state index in [1.807, 2.05) is 6.07 Å². The van der Waals surface area contributed by atoms with E-state index in [9.17, 15) is 18.6 Å². The van der Waals surface area contributed by atoms with Crippen LogP contribution in [0.1, 0.15) is 29.7 Å². The van der Waals surface area contributed by atoms with E-state index in [0.29, 0.717) is 34.6 Å². The van der Waals surface area contributed by atoms with E-state index in [1.54, 1.807) is 44.4 Å². The Balaban J connectivity index is 2.00. The second-order valence-electron chi connectivity index (χ2n) is 7.91. The van der Waals surface area contributed by atoms with Crippen molar-refractivity contribution in [2.75, 3.05) is 26.5 Å². The number of aromatic hydroxyl groups is 1. The summed E-state index contributed by atoms with van der Waals surface area (Å²) in [6.07, 6.45) is -0.616. The lowest BCUT2D eigenvalue weighted by molar-refractivity contribution is 0.199. The number of para-hydroxylation sites is 1. The maximum Gasteiger partial charge on any atom is 0.241 e. The number of rotatable bonds is 9. The minimum atomic E-state index is -4.06. The molecular weight excluding hydrogens is 456 g/mol. The molecule has 5 N–H and O–H groups in total. The van der Waals surface area contributed by atoms with E-state index in [4.69, 9.17) is 15.2 Å². The molecule has 8 nitrogen and oxygen atoms in total. The molecule has 0 saturated heterocycles. The van der Waals surface area contributed by atoms with Crippen molar-refractivity contribution in [3.63, 3.8) is 0 Å². The number of hydrogen-bond acceptors (Lipinski definition) is 7. The Hall–Kier alpha value is -3.27. The number of anilines is 1. The average Bonchev–Trinajstić information content (AvgIpc) is 2.80. The molecule has 1 atom stereocenters. The maximum atomic E-state index is 13.4. The molecule has 0 spiro atoms. The van der Waals surface area contributed by atoms with Gasteiger partial charge in [0.15, 0.2) is 11.5 Å². The van der Waals surface area contributed by atoms with E-state index >= 15 is 0 Å². The maximum absolute atomic E-state index is 13.4. The van der Waals surface area contributed by atoms with Crippen LogP contribution in [0.15, 0.2) is 53.4 Å². The Morgan fingerprint density at radius 3 is 2.35 bits per heavy atom. The number of benzene rings is 3. The molecule has 3 aromatic carbocycles. The minimum absolute atomic E-state index is 0.102. The van der Waals surface area contributed by atoms with Crippen molar-refractivity contribution in [3.05, 3.63) is 65.2 Å². The summed E-state index contributed by atoms with van der Waals surface area (Å²) in [5.41, 5.74) is 8.63. The van der Waals surface area contributed by atoms with Crippen molar-refractivity contribution in [2.45, 2.75) is 31.3 Å². The lowest BCUT2D eigenvalue weighted by Gasteiger charge is -2.22. The zero-order chi connectivity index (χ0) is 25.0. The Morgan fingerprint density at radius 2 is 1.74 bits per heavy atom. The highest BCUT2D eigenvalue weighted by atomic mass is 32.2. The normalized spacial score (nSPS) is 12.4. The van der Waals surface area contributed by atoms with Gasteiger partial charge in [0.1, 0.15) is 5.75 Å². The van der Waals surface area contributed by atoms with Crippen molar-refractivity contribution in [3.8, 4) is 28.4 Å². The number of phenolic OH excluding ortho intramolecular Hbond substituents is 1. The average molecular weight is 487 g/mol. The molecule has 0 radical (unpaired) electrons. The minimum Gasteiger partial charge on any atom is -0.507 e. The second-order valence-corrected chi connectivity index (χ2v) is 9.64. The predicted molar refractivity (Wildman–Crippen MR) is 132 cm³/mol. The third kappa shape index (κ3) is 5.11. The highest BCUT2D eigenvalue weighted by Crippen LogP contribution is 2.42. The van der Waals surface area contributed by atoms with Gasteiger partial charge in [0.05, 0.1) is 25.2 Å². The number of nitrogens with one attached hydrogen (secondary N) is 1. The molecule has 0 fully saturated rings. The zero-order valence-electron chi connectivity index (χ0n) is 19.6. The first-order chi connectivity index (χ1) is 16.1. The number of nitrogen functional groups attached to an aromatic ring is 1. The molecule has 0 bridgehead atoms. The fourth-order valence-electron chi connectivity index (χ4n) is 3.94. The van der Waals surface area contributed by atoms with Crippen LogP contribution in [0.4, 0.5) is 5.69 Å². The van der Waals surface area contributed by atoms with Gasteiger partial charge in [0.25, 0.3) is 0 Å². The molecule has 9 heteroatoms. The van der Waals surface area contributed by atoms with Crippen LogP contribution in [-0.4, -0.2) is 39.4 Å². The predicted octanol–water partition coefficient (Wildman–Crippen LogP) is 3.54. The van der Waals surface area contributed by atoms with Gasteiger partial charge in [-0.2, -0.15) is 0 Å². The first-order valence-corrected chi connectivity index (χ1v) is 12.2. The first-order valence-electron chi connectivity index (χ1n) is 10.7. The first kappa shape index (κ1) is 25.4. The molecule has 3 rings (SSSR count). The number of ether oxygens (including phenoxy) is 2. The fraction of sp³-hybridized carbons (Fsp3) is 0.280. The number of aliphatic hydroxyl groups excluding tert-OH is 1. The van der Waals surface area contributed by atoms with Crippen LogP contribution in [0.25, 0.3) is 11.1 Å². The molecule has 0 aliphatic rings. The topological polar surface area (TPSA) is 131 Å². The van der Waals surface area contributed by atoms with Crippen LogP contribution in [0.3, 0.4) is 0 Å². The molecule has 34 heavy (non-hydrogen) atoms. The molecule has 0 aromatic heterocycles. The van der Waals surface area contributed by atoms with E-state index in [2.05, 4.69) is 4.72 Å². The van der Waals surface area contributed by atoms with Crippen LogP contribution in [0, 0.1) is 6.92 Å². The Morgan fingerprint density at radius 1 is 1.06 bits per heavy atom. The Labute approximate surface area is 200 Å². The molecule has 0 heterocycles. The highest BCUT2D eigenvalue weighted by Gasteiger charge is 2.27. The van der Waals surface area contributed by atoms with Gasteiger partial charge in [0, 0.05) is 23.4 Å². The fourth-order valence-corrected chi connectivity index (χ4v) is 5.24. The van der Waals surface area contributed by atoms with Gasteiger partial charge < -0.3 is 25.4 Å². The summed E-state index contributed by atoms with van der Waals surface area (Å²) in [7, 11) is -0.980. The van der Waals surface area contributed by atoms with Crippen LogP contribution >= 0.6 is 0 Å². The van der Waals surface area contributed by atoms with Crippen LogP contribution in [0.5, 0.6) is 17.2 Å². The van der Waals surface area contributed by atoms with Gasteiger partial charge in [-0.15, -0.1) is 0 Å². The Bertz CT molecular complexity index is 1290. The van der Waals surface area contributed by atoms with E-state index in [1.165, 1.54) is 26.2 Å². The van der Waals surface area contributed by atoms with E-state index < -0.39 is 16.1 Å². The zero-order valence-corrected chi connectivity index (χ0v) is 20.4. The highest BCUT2D eigenvalue weighted by molar-refractivity contribution is 7.89. The van der Waals surface area contributed by atoms with E-state index in [0.717, 1.165) is 5.56 Å². The molecule has 1 unspecified atom stereocenters. The summed E-state index contributed by atoms with van der Waals surface area (Å²) in [4.78, 5) is -0.111. The second kappa shape index (κ2) is 10.3. The summed E-state index contributed by atoms with van der Waals surface area (Å²) in [6.45, 7) is 3.35. The SMILES string of the molecule is COc1ccc(CCNS(=O)(=O)c2cc(N)c(C)c(C(C)O)c2-c2ccccc2O)cc1OC. The van der Waals surface area contributed by atoms with Crippen LogP contribution in [0.2, 0.25) is 0 Å². The third-order valence-corrected chi connectivity index (χ3v) is 7.16. The molecule has 182 valence electrons. The standard InChI is InChI=1S/C25H30N2O6S/c1-15-19(26)14-23(25(24(15)16(2)28)18-7-5-6-8-20(18)29)34(30,31)27-12-11-17-9-10-21(32-3)22(13-17)33-4/h5-10,13-14,16,27-29H,11-12,26H2,1-4H3. The van der Waals surface area contributed by atoms with Crippen molar-refractivity contribution in [1.29, 1.82) is 0 Å². The van der Waals surface area contributed by atoms with Crippen LogP contribution in [-0.2, 0) is 16.4 Å². The lowest BCUT2D eigenvalue weighted by atomic mass is 9.91. The lowest BCUT2D eigenvalue weighted by Crippen LogP contribution is -2.27. The number of phenols is 1. The van der Waals surface area contributed by atoms with Crippen LogP contribution < -0.4 is 19.9 Å². The van der Waals surface area contributed by atoms with Gasteiger partial charge >= 0.3 is 0 Å². The van der Waals surface area contributed by atoms with Crippen molar-refractivity contribution in [1.82, 2.24) is 4.72 Å². The summed E-state index contributed by atoms with van der Waals surface area (Å²) in [5, 5.41) is 21.0. The smallest absolute Gasteiger partial charge is 0.241 e. The Kier molecular flexibility index (Phi) is 7.71. The van der Waals surface area contributed by atoms with Crippen molar-refractivity contribution >= 4 is 15.7 Å². The number of methoxy groups -OCH3 is 2. The molecule has 0 aliphatic carbocycles. The summed E-state index contributed by atoms with van der Waals surface area (Å²) < 4.78 is 40.0.